The lowest BCUT2D eigenvalue weighted by molar-refractivity contribution is -0.161. The van der Waals surface area contributed by atoms with Crippen molar-refractivity contribution in [2.24, 2.45) is 0 Å². The number of phosphoric acid groups is 1. The van der Waals surface area contributed by atoms with Gasteiger partial charge in [0.25, 0.3) is 0 Å². The van der Waals surface area contributed by atoms with Gasteiger partial charge in [0, 0.05) is 12.8 Å². The van der Waals surface area contributed by atoms with Gasteiger partial charge in [-0.3, -0.25) is 18.6 Å². The fourth-order valence-electron chi connectivity index (χ4n) is 4.97. The van der Waals surface area contributed by atoms with Gasteiger partial charge in [0.15, 0.2) is 6.10 Å². The predicted molar refractivity (Wildman–Crippen MR) is 252 cm³/mol. The Labute approximate surface area is 373 Å². The molecule has 0 amide bonds. The van der Waals surface area contributed by atoms with Gasteiger partial charge in [-0.1, -0.05) is 160 Å². The third-order valence-electron chi connectivity index (χ3n) is 8.40. The van der Waals surface area contributed by atoms with Crippen molar-refractivity contribution in [2.45, 2.75) is 141 Å². The molecule has 4 atom stereocenters. The highest BCUT2D eigenvalue weighted by molar-refractivity contribution is 7.47. The maximum atomic E-state index is 12.6. The number of carbonyl (C=O) groups is 2. The molecule has 0 aromatic heterocycles. The van der Waals surface area contributed by atoms with Gasteiger partial charge in [-0.2, -0.15) is 0 Å². The molecular formula is C50H77O11P. The van der Waals surface area contributed by atoms with Crippen molar-refractivity contribution in [3.05, 3.63) is 134 Å². The zero-order valence-corrected chi connectivity index (χ0v) is 38.3. The van der Waals surface area contributed by atoms with Crippen molar-refractivity contribution in [1.82, 2.24) is 0 Å². The summed E-state index contributed by atoms with van der Waals surface area (Å²) in [6, 6.07) is 0. The third kappa shape index (κ3) is 42.7. The Balaban J connectivity index is 4.61. The Morgan fingerprint density at radius 2 is 1.05 bits per heavy atom. The van der Waals surface area contributed by atoms with E-state index in [-0.39, 0.29) is 12.8 Å². The van der Waals surface area contributed by atoms with Crippen LogP contribution in [0.3, 0.4) is 0 Å². The lowest BCUT2D eigenvalue weighted by atomic mass is 10.2. The van der Waals surface area contributed by atoms with Crippen molar-refractivity contribution >= 4 is 19.8 Å². The molecule has 0 aliphatic carbocycles. The third-order valence-corrected chi connectivity index (χ3v) is 9.35. The van der Waals surface area contributed by atoms with Crippen LogP contribution in [0.25, 0.3) is 0 Å². The molecule has 0 heterocycles. The Bertz CT molecular complexity index is 1500. The molecule has 62 heavy (non-hydrogen) atoms. The number of hydrogen-bond donors (Lipinski definition) is 4. The molecule has 4 N–H and O–H groups in total. The number of aliphatic hydroxyl groups excluding tert-OH is 3. The fraction of sp³-hybridized carbons (Fsp3) is 0.520. The standard InChI is InChI=1S/C50H77O11P/c1-3-5-7-9-11-12-13-14-15-16-17-18-19-20-21-26-29-33-37-41-50(55)61-48(45-60-62(56,57)59-43-47(53)42-51)44-58-49(54)40-36-32-28-25-23-22-24-27-31-35-39-46(52)38-34-30-10-8-6-4-2/h6,8,11-12,14-15,17-18,20-23,27-35,39,46-48,51-53H,3-5,7,9-10,13,16,19,24-26,36-38,40-45H2,1-2H3,(H,56,57)/b8-6-,12-11-,15-14-,18-17-,21-20-,23-22-,31-27-,32-28-,33-29-,34-30-,39-35+/t46?,47-,48+/m0/s1. The number of aliphatic hydroxyl groups is 3. The molecule has 0 aliphatic rings. The first-order chi connectivity index (χ1) is 30.1. The van der Waals surface area contributed by atoms with E-state index in [1.807, 2.05) is 72.9 Å². The zero-order chi connectivity index (χ0) is 45.6. The molecule has 348 valence electrons. The Hall–Kier alpha value is -3.93. The smallest absolute Gasteiger partial charge is 0.462 e. The topological polar surface area (TPSA) is 169 Å². The van der Waals surface area contributed by atoms with Crippen LogP contribution in [-0.4, -0.2) is 76.9 Å². The van der Waals surface area contributed by atoms with E-state index in [1.165, 1.54) is 19.3 Å². The lowest BCUT2D eigenvalue weighted by Crippen LogP contribution is -2.29. The van der Waals surface area contributed by atoms with Gasteiger partial charge < -0.3 is 29.7 Å². The zero-order valence-electron chi connectivity index (χ0n) is 37.4. The molecular weight excluding hydrogens is 808 g/mol. The predicted octanol–water partition coefficient (Wildman–Crippen LogP) is 11.1. The number of esters is 2. The van der Waals surface area contributed by atoms with Gasteiger partial charge in [-0.25, -0.2) is 4.57 Å². The van der Waals surface area contributed by atoms with Crippen LogP contribution in [0.15, 0.2) is 134 Å². The minimum Gasteiger partial charge on any atom is -0.462 e. The minimum absolute atomic E-state index is 0.0259. The number of allylic oxidation sites excluding steroid dienone is 20. The van der Waals surface area contributed by atoms with Crippen LogP contribution in [0, 0.1) is 0 Å². The summed E-state index contributed by atoms with van der Waals surface area (Å²) in [4.78, 5) is 35.0. The van der Waals surface area contributed by atoms with E-state index < -0.39 is 64.5 Å². The molecule has 0 saturated carbocycles. The van der Waals surface area contributed by atoms with E-state index in [2.05, 4.69) is 73.1 Å². The van der Waals surface area contributed by atoms with Crippen molar-refractivity contribution in [1.29, 1.82) is 0 Å². The van der Waals surface area contributed by atoms with E-state index in [0.717, 1.165) is 44.9 Å². The van der Waals surface area contributed by atoms with E-state index in [1.54, 1.807) is 6.08 Å². The number of ether oxygens (including phenoxy) is 2. The number of phosphoric ester groups is 1. The monoisotopic (exact) mass is 885 g/mol. The molecule has 0 fully saturated rings. The van der Waals surface area contributed by atoms with Gasteiger partial charge in [0.2, 0.25) is 0 Å². The lowest BCUT2D eigenvalue weighted by Gasteiger charge is -2.20. The first kappa shape index (κ1) is 58.1. The van der Waals surface area contributed by atoms with Crippen LogP contribution in [-0.2, 0) is 32.7 Å². The van der Waals surface area contributed by atoms with Gasteiger partial charge >= 0.3 is 19.8 Å². The maximum absolute atomic E-state index is 12.6. The van der Waals surface area contributed by atoms with Gasteiger partial charge in [0.1, 0.15) is 12.7 Å². The summed E-state index contributed by atoms with van der Waals surface area (Å²) < 4.78 is 32.5. The van der Waals surface area contributed by atoms with Crippen LogP contribution in [0.2, 0.25) is 0 Å². The van der Waals surface area contributed by atoms with Crippen LogP contribution in [0.5, 0.6) is 0 Å². The minimum atomic E-state index is -4.68. The van der Waals surface area contributed by atoms with Crippen molar-refractivity contribution < 1.29 is 52.9 Å². The highest BCUT2D eigenvalue weighted by Crippen LogP contribution is 2.43. The van der Waals surface area contributed by atoms with Crippen LogP contribution < -0.4 is 0 Å². The summed E-state index contributed by atoms with van der Waals surface area (Å²) in [6.45, 7) is 1.95. The molecule has 0 aromatic carbocycles. The van der Waals surface area contributed by atoms with Crippen molar-refractivity contribution in [3.63, 3.8) is 0 Å². The van der Waals surface area contributed by atoms with E-state index >= 15 is 0 Å². The molecule has 0 rings (SSSR count). The van der Waals surface area contributed by atoms with Crippen LogP contribution >= 0.6 is 7.82 Å². The number of carbonyl (C=O) groups excluding carboxylic acids is 2. The summed E-state index contributed by atoms with van der Waals surface area (Å²) in [5.74, 6) is -1.17. The largest absolute Gasteiger partial charge is 0.472 e. The second kappa shape index (κ2) is 43.7. The summed E-state index contributed by atoms with van der Waals surface area (Å²) in [5.41, 5.74) is 0. The normalized spacial score (nSPS) is 15.5. The molecule has 0 aromatic rings. The van der Waals surface area contributed by atoms with Gasteiger partial charge in [-0.05, 0) is 83.5 Å². The molecule has 2 unspecified atom stereocenters. The number of hydrogen-bond acceptors (Lipinski definition) is 10. The van der Waals surface area contributed by atoms with E-state index in [4.69, 9.17) is 19.1 Å². The molecule has 0 aliphatic heterocycles. The second-order valence-corrected chi connectivity index (χ2v) is 15.6. The highest BCUT2D eigenvalue weighted by atomic mass is 31.2. The van der Waals surface area contributed by atoms with Gasteiger partial charge in [0.05, 0.1) is 25.9 Å². The first-order valence-electron chi connectivity index (χ1n) is 22.3. The summed E-state index contributed by atoms with van der Waals surface area (Å²) >= 11 is 0. The summed E-state index contributed by atoms with van der Waals surface area (Å²) in [6.07, 6.45) is 54.7. The number of rotatable bonds is 39. The Morgan fingerprint density at radius 1 is 0.565 bits per heavy atom. The summed E-state index contributed by atoms with van der Waals surface area (Å²) in [7, 11) is -4.68. The maximum Gasteiger partial charge on any atom is 0.472 e. The molecule has 12 heteroatoms. The summed E-state index contributed by atoms with van der Waals surface area (Å²) in [5, 5.41) is 28.3. The number of unbranched alkanes of at least 4 members (excludes halogenated alkanes) is 3. The molecule has 0 saturated heterocycles. The van der Waals surface area contributed by atoms with E-state index in [0.29, 0.717) is 32.1 Å². The van der Waals surface area contributed by atoms with Crippen molar-refractivity contribution in [3.8, 4) is 0 Å². The Morgan fingerprint density at radius 3 is 1.60 bits per heavy atom. The second-order valence-electron chi connectivity index (χ2n) is 14.2. The molecule has 11 nitrogen and oxygen atoms in total. The van der Waals surface area contributed by atoms with Gasteiger partial charge in [-0.15, -0.1) is 0 Å². The average Bonchev–Trinajstić information content (AvgIpc) is 3.26. The van der Waals surface area contributed by atoms with Crippen LogP contribution in [0.4, 0.5) is 0 Å². The van der Waals surface area contributed by atoms with E-state index in [9.17, 15) is 29.3 Å². The Kier molecular flexibility index (Phi) is 40.9. The molecule has 0 bridgehead atoms. The average molecular weight is 885 g/mol. The fourth-order valence-corrected chi connectivity index (χ4v) is 5.76. The van der Waals surface area contributed by atoms with Crippen LogP contribution in [0.1, 0.15) is 123 Å². The molecule has 0 spiro atoms. The van der Waals surface area contributed by atoms with Crippen molar-refractivity contribution in [2.75, 3.05) is 26.4 Å². The molecule has 0 radical (unpaired) electrons. The highest BCUT2D eigenvalue weighted by Gasteiger charge is 2.27. The SMILES string of the molecule is CC/C=C\C/C=C\CC(O)/C=C/C=C\C/C=C\C/C=C\CCC(=O)OC[C@H](COP(=O)(O)OC[C@@H](O)CO)OC(=O)CC/C=C\C/C=C\C/C=C\C/C=C\C/C=C\CCCCC. The first-order valence-corrected chi connectivity index (χ1v) is 23.7. The quantitative estimate of drug-likeness (QED) is 0.0152.